The Hall–Kier alpha value is -2.62. The van der Waals surface area contributed by atoms with Crippen LogP contribution in [-0.2, 0) is 14.4 Å². The lowest BCUT2D eigenvalue weighted by molar-refractivity contribution is -0.192. The normalized spacial score (nSPS) is 22.8. The number of aliphatic carboxylic acids is 1. The van der Waals surface area contributed by atoms with Gasteiger partial charge in [-0.15, -0.1) is 0 Å². The van der Waals surface area contributed by atoms with Crippen LogP contribution < -0.4 is 15.5 Å². The third kappa shape index (κ3) is 5.36. The number of rotatable bonds is 2. The average molecular weight is 441 g/mol. The van der Waals surface area contributed by atoms with Gasteiger partial charge in [0.1, 0.15) is 0 Å². The van der Waals surface area contributed by atoms with E-state index in [0.29, 0.717) is 18.3 Å². The summed E-state index contributed by atoms with van der Waals surface area (Å²) in [7, 11) is 0. The molecule has 3 N–H and O–H groups in total. The van der Waals surface area contributed by atoms with Crippen molar-refractivity contribution in [3.63, 3.8) is 0 Å². The lowest BCUT2D eigenvalue weighted by atomic mass is 9.73. The van der Waals surface area contributed by atoms with E-state index in [1.807, 2.05) is 0 Å². The molecule has 3 aliphatic rings. The number of imide groups is 1. The molecule has 1 aromatic carbocycles. The van der Waals surface area contributed by atoms with Crippen molar-refractivity contribution in [1.29, 1.82) is 0 Å². The minimum atomic E-state index is -5.08. The Morgan fingerprint density at radius 2 is 1.81 bits per heavy atom. The number of piperidine rings is 2. The fourth-order valence-corrected chi connectivity index (χ4v) is 4.31. The van der Waals surface area contributed by atoms with Gasteiger partial charge < -0.3 is 15.3 Å². The van der Waals surface area contributed by atoms with Gasteiger partial charge in [-0.1, -0.05) is 6.07 Å². The molecule has 3 fully saturated rings. The number of benzene rings is 1. The highest BCUT2D eigenvalue weighted by Gasteiger charge is 2.40. The van der Waals surface area contributed by atoms with Crippen LogP contribution in [0.15, 0.2) is 18.2 Å². The van der Waals surface area contributed by atoms with Crippen LogP contribution >= 0.6 is 0 Å². The van der Waals surface area contributed by atoms with Gasteiger partial charge in [0, 0.05) is 38.3 Å². The molecule has 0 aromatic heterocycles. The second kappa shape index (κ2) is 8.86. The fourth-order valence-electron chi connectivity index (χ4n) is 4.31. The van der Waals surface area contributed by atoms with Crippen LogP contribution in [0.3, 0.4) is 0 Å². The maximum absolute atomic E-state index is 12.1. The Bertz CT molecular complexity index is 858. The number of hydrogen-bond donors (Lipinski definition) is 3. The number of carboxylic acid groups (broad SMARTS) is 1. The number of alkyl halides is 3. The van der Waals surface area contributed by atoms with Crippen LogP contribution in [0.25, 0.3) is 0 Å². The summed E-state index contributed by atoms with van der Waals surface area (Å²) in [5.74, 6) is -3.26. The lowest BCUT2D eigenvalue weighted by Crippen LogP contribution is -2.58. The first kappa shape index (κ1) is 23.1. The topological polar surface area (TPSA) is 98.7 Å². The molecule has 0 aliphatic carbocycles. The quantitative estimate of drug-likeness (QED) is 0.610. The number of anilines is 1. The van der Waals surface area contributed by atoms with Gasteiger partial charge in [0.05, 0.1) is 5.92 Å². The number of nitrogens with one attached hydrogen (secondary N) is 2. The van der Waals surface area contributed by atoms with Gasteiger partial charge in [-0.25, -0.2) is 4.79 Å². The Morgan fingerprint density at radius 3 is 2.26 bits per heavy atom. The third-order valence-corrected chi connectivity index (χ3v) is 6.30. The zero-order valence-electron chi connectivity index (χ0n) is 17.2. The number of carbonyl (C=O) groups excluding carboxylic acids is 2. The number of nitrogens with zero attached hydrogens (tertiary/aromatic N) is 1. The van der Waals surface area contributed by atoms with Crippen molar-refractivity contribution >= 4 is 23.5 Å². The van der Waals surface area contributed by atoms with Crippen molar-refractivity contribution < 1.29 is 32.7 Å². The summed E-state index contributed by atoms with van der Waals surface area (Å²) in [6, 6.07) is 6.43. The number of halogens is 3. The highest BCUT2D eigenvalue weighted by atomic mass is 19.4. The smallest absolute Gasteiger partial charge is 0.475 e. The lowest BCUT2D eigenvalue weighted by Gasteiger charge is -2.49. The van der Waals surface area contributed by atoms with Crippen molar-refractivity contribution in [2.24, 2.45) is 5.41 Å². The van der Waals surface area contributed by atoms with Crippen LogP contribution in [0, 0.1) is 12.3 Å². The van der Waals surface area contributed by atoms with Crippen molar-refractivity contribution in [2.45, 2.75) is 44.7 Å². The van der Waals surface area contributed by atoms with Gasteiger partial charge in [0.15, 0.2) is 0 Å². The minimum absolute atomic E-state index is 0.153. The summed E-state index contributed by atoms with van der Waals surface area (Å²) in [4.78, 5) is 34.8. The molecule has 1 atom stereocenters. The molecule has 0 saturated carbocycles. The van der Waals surface area contributed by atoms with Gasteiger partial charge in [-0.2, -0.15) is 13.2 Å². The summed E-state index contributed by atoms with van der Waals surface area (Å²) in [5.41, 5.74) is 4.01. The Balaban J connectivity index is 0.000000339. The molecule has 2 amide bonds. The van der Waals surface area contributed by atoms with Crippen molar-refractivity contribution in [1.82, 2.24) is 10.6 Å². The molecule has 1 aromatic rings. The first-order valence-electron chi connectivity index (χ1n) is 10.2. The highest BCUT2D eigenvalue weighted by molar-refractivity contribution is 6.01. The molecule has 3 aliphatic heterocycles. The summed E-state index contributed by atoms with van der Waals surface area (Å²) in [6.45, 7) is 6.64. The van der Waals surface area contributed by atoms with Crippen LogP contribution in [0.4, 0.5) is 18.9 Å². The summed E-state index contributed by atoms with van der Waals surface area (Å²) in [6.07, 6.45) is -1.52. The van der Waals surface area contributed by atoms with E-state index < -0.39 is 12.1 Å². The maximum Gasteiger partial charge on any atom is 0.490 e. The summed E-state index contributed by atoms with van der Waals surface area (Å²) in [5, 5.41) is 13.0. The van der Waals surface area contributed by atoms with E-state index >= 15 is 0 Å². The zero-order valence-corrected chi connectivity index (χ0v) is 17.2. The molecule has 10 heteroatoms. The van der Waals surface area contributed by atoms with Crippen LogP contribution in [0.2, 0.25) is 0 Å². The second-order valence-electron chi connectivity index (χ2n) is 8.44. The number of hydrogen-bond acceptors (Lipinski definition) is 5. The molecule has 1 unspecified atom stereocenters. The molecule has 31 heavy (non-hydrogen) atoms. The van der Waals surface area contributed by atoms with E-state index in [2.05, 4.69) is 40.7 Å². The van der Waals surface area contributed by atoms with Crippen LogP contribution in [-0.4, -0.2) is 55.2 Å². The van der Waals surface area contributed by atoms with E-state index in [4.69, 9.17) is 9.90 Å². The fraction of sp³-hybridized carbons (Fsp3) is 0.571. The van der Waals surface area contributed by atoms with Crippen molar-refractivity contribution in [2.75, 3.05) is 31.1 Å². The van der Waals surface area contributed by atoms with Gasteiger partial charge in [0.25, 0.3) is 0 Å². The second-order valence-corrected chi connectivity index (χ2v) is 8.44. The van der Waals surface area contributed by atoms with E-state index in [-0.39, 0.29) is 17.7 Å². The average Bonchev–Trinajstić information content (AvgIpc) is 2.67. The molecular weight excluding hydrogens is 415 g/mol. The predicted molar refractivity (Wildman–Crippen MR) is 107 cm³/mol. The number of aryl methyl sites for hydroxylation is 1. The molecule has 0 bridgehead atoms. The van der Waals surface area contributed by atoms with E-state index in [1.165, 1.54) is 31.6 Å². The monoisotopic (exact) mass is 441 g/mol. The number of carbonyl (C=O) groups is 3. The molecule has 0 radical (unpaired) electrons. The van der Waals surface area contributed by atoms with Crippen LogP contribution in [0.5, 0.6) is 0 Å². The zero-order chi connectivity index (χ0) is 22.8. The summed E-state index contributed by atoms with van der Waals surface area (Å²) < 4.78 is 31.7. The standard InChI is InChI=1S/C19H25N3O2.C2HF3O2/c1-13-10-14(22-8-6-19(7-9-22)11-20-12-19)2-3-15(13)16-4-5-17(23)21-18(16)24;3-2(4,5)1(6)7/h2-3,10,16,20H,4-9,11-12H2,1H3,(H,21,23,24);(H,6,7). The van der Waals surface area contributed by atoms with Gasteiger partial charge in [-0.05, 0) is 54.9 Å². The van der Waals surface area contributed by atoms with Gasteiger partial charge in [0.2, 0.25) is 11.8 Å². The molecule has 170 valence electrons. The van der Waals surface area contributed by atoms with Gasteiger partial charge in [-0.3, -0.25) is 14.9 Å². The molecule has 3 heterocycles. The number of amides is 2. The van der Waals surface area contributed by atoms with Crippen molar-refractivity contribution in [3.05, 3.63) is 29.3 Å². The van der Waals surface area contributed by atoms with E-state index in [0.717, 1.165) is 24.2 Å². The van der Waals surface area contributed by atoms with Crippen LogP contribution in [0.1, 0.15) is 42.7 Å². The van der Waals surface area contributed by atoms with E-state index in [1.54, 1.807) is 0 Å². The number of carboxylic acids is 1. The Labute approximate surface area is 178 Å². The predicted octanol–water partition coefficient (Wildman–Crippen LogP) is 2.34. The van der Waals surface area contributed by atoms with E-state index in [9.17, 15) is 22.8 Å². The molecule has 7 nitrogen and oxygen atoms in total. The first-order valence-corrected chi connectivity index (χ1v) is 10.2. The molecule has 1 spiro atoms. The Morgan fingerprint density at radius 1 is 1.19 bits per heavy atom. The first-order chi connectivity index (χ1) is 14.5. The highest BCUT2D eigenvalue weighted by Crippen LogP contribution is 2.37. The molecular formula is C21H26F3N3O4. The SMILES string of the molecule is Cc1cc(N2CCC3(CC2)CNC3)ccc1C1CCC(=O)NC1=O.O=C(O)C(F)(F)F. The molecule has 4 rings (SSSR count). The Kier molecular flexibility index (Phi) is 6.59. The third-order valence-electron chi connectivity index (χ3n) is 6.30. The largest absolute Gasteiger partial charge is 0.490 e. The summed E-state index contributed by atoms with van der Waals surface area (Å²) >= 11 is 0. The van der Waals surface area contributed by atoms with Gasteiger partial charge >= 0.3 is 12.1 Å². The van der Waals surface area contributed by atoms with Crippen molar-refractivity contribution in [3.8, 4) is 0 Å². The minimum Gasteiger partial charge on any atom is -0.475 e. The molecule has 3 saturated heterocycles. The maximum atomic E-state index is 12.1.